The number of alkyl halides is 3. The Hall–Kier alpha value is -2.23. The average Bonchev–Trinajstić information content (AvgIpc) is 3.08. The highest BCUT2D eigenvalue weighted by molar-refractivity contribution is 5.76. The number of amides is 2. The van der Waals surface area contributed by atoms with Crippen molar-refractivity contribution < 1.29 is 18.0 Å². The van der Waals surface area contributed by atoms with E-state index in [4.69, 9.17) is 5.26 Å². The number of nitrogens with zero attached hydrogens (tertiary/aromatic N) is 3. The molecule has 1 aromatic rings. The second-order valence-corrected chi connectivity index (χ2v) is 8.30. The van der Waals surface area contributed by atoms with Gasteiger partial charge in [-0.2, -0.15) is 18.4 Å². The van der Waals surface area contributed by atoms with Crippen LogP contribution in [-0.4, -0.2) is 42.0 Å². The molecule has 1 aliphatic carbocycles. The molecule has 1 saturated carbocycles. The van der Waals surface area contributed by atoms with Crippen molar-refractivity contribution in [3.05, 3.63) is 34.9 Å². The van der Waals surface area contributed by atoms with Gasteiger partial charge in [-0.1, -0.05) is 6.07 Å². The average molecular weight is 377 g/mol. The maximum absolute atomic E-state index is 12.9. The number of rotatable bonds is 2. The summed E-state index contributed by atoms with van der Waals surface area (Å²) in [6, 6.07) is 5.70. The van der Waals surface area contributed by atoms with Crippen molar-refractivity contribution >= 4 is 6.03 Å². The van der Waals surface area contributed by atoms with Crippen molar-refractivity contribution in [2.45, 2.75) is 38.3 Å². The van der Waals surface area contributed by atoms with Crippen molar-refractivity contribution in [3.63, 3.8) is 0 Å². The summed E-state index contributed by atoms with van der Waals surface area (Å²) < 4.78 is 38.7. The van der Waals surface area contributed by atoms with Gasteiger partial charge in [0, 0.05) is 31.6 Å². The predicted octanol–water partition coefficient (Wildman–Crippen LogP) is 4.05. The Morgan fingerprint density at radius 1 is 1.19 bits per heavy atom. The molecular weight excluding hydrogens is 355 g/mol. The first kappa shape index (κ1) is 18.1. The molecule has 3 fully saturated rings. The Morgan fingerprint density at radius 3 is 2.44 bits per heavy atom. The summed E-state index contributed by atoms with van der Waals surface area (Å²) in [6.45, 7) is 3.32. The molecule has 0 radical (unpaired) electrons. The van der Waals surface area contributed by atoms with Gasteiger partial charge in [0.05, 0.1) is 17.2 Å². The molecule has 4 rings (SSSR count). The highest BCUT2D eigenvalue weighted by Gasteiger charge is 2.54. The van der Waals surface area contributed by atoms with Crippen LogP contribution in [0.1, 0.15) is 42.4 Å². The van der Waals surface area contributed by atoms with E-state index in [0.717, 1.165) is 63.5 Å². The van der Waals surface area contributed by atoms with E-state index in [1.165, 1.54) is 12.1 Å². The number of carbonyl (C=O) groups is 1. The van der Waals surface area contributed by atoms with Crippen molar-refractivity contribution in [1.82, 2.24) is 9.80 Å². The molecule has 4 nitrogen and oxygen atoms in total. The van der Waals surface area contributed by atoms with Crippen LogP contribution in [0.4, 0.5) is 18.0 Å². The normalized spacial score (nSPS) is 21.7. The summed E-state index contributed by atoms with van der Waals surface area (Å²) in [5, 5.41) is 9.02. The van der Waals surface area contributed by atoms with Crippen LogP contribution >= 0.6 is 0 Å². The van der Waals surface area contributed by atoms with Gasteiger partial charge in [-0.15, -0.1) is 0 Å². The minimum absolute atomic E-state index is 0.156. The molecule has 0 atom stereocenters. The summed E-state index contributed by atoms with van der Waals surface area (Å²) in [7, 11) is 0. The summed E-state index contributed by atoms with van der Waals surface area (Å²) in [5.74, 6) is 0.414. The molecule has 0 unspecified atom stereocenters. The number of urea groups is 1. The van der Waals surface area contributed by atoms with E-state index < -0.39 is 11.7 Å². The van der Waals surface area contributed by atoms with Gasteiger partial charge >= 0.3 is 12.2 Å². The van der Waals surface area contributed by atoms with E-state index in [2.05, 4.69) is 0 Å². The molecule has 3 aliphatic rings. The summed E-state index contributed by atoms with van der Waals surface area (Å²) in [4.78, 5) is 16.2. The third kappa shape index (κ3) is 3.38. The molecule has 0 bridgehead atoms. The highest BCUT2D eigenvalue weighted by atomic mass is 19.4. The first-order valence-electron chi connectivity index (χ1n) is 9.44. The van der Waals surface area contributed by atoms with Gasteiger partial charge in [0.2, 0.25) is 0 Å². The zero-order valence-corrected chi connectivity index (χ0v) is 15.1. The summed E-state index contributed by atoms with van der Waals surface area (Å²) >= 11 is 0. The molecule has 7 heteroatoms. The Morgan fingerprint density at radius 2 is 1.85 bits per heavy atom. The van der Waals surface area contributed by atoms with Crippen LogP contribution in [0.25, 0.3) is 0 Å². The van der Waals surface area contributed by atoms with Gasteiger partial charge in [-0.3, -0.25) is 0 Å². The summed E-state index contributed by atoms with van der Waals surface area (Å²) in [6.07, 6.45) is 0.366. The third-order valence-electron chi connectivity index (χ3n) is 6.18. The molecule has 0 N–H and O–H groups in total. The molecule has 144 valence electrons. The molecule has 1 aromatic carbocycles. The van der Waals surface area contributed by atoms with Crippen molar-refractivity contribution in [1.29, 1.82) is 5.26 Å². The lowest BCUT2D eigenvalue weighted by atomic mass is 9.56. The minimum atomic E-state index is -4.50. The quantitative estimate of drug-likeness (QED) is 0.781. The van der Waals surface area contributed by atoms with Gasteiger partial charge in [-0.25, -0.2) is 4.79 Å². The molecule has 2 aliphatic heterocycles. The monoisotopic (exact) mass is 377 g/mol. The highest BCUT2D eigenvalue weighted by Crippen LogP contribution is 2.53. The number of benzene rings is 1. The molecule has 0 aromatic heterocycles. The Kier molecular flexibility index (Phi) is 4.32. The van der Waals surface area contributed by atoms with Crippen LogP contribution in [0.15, 0.2) is 18.2 Å². The number of halogens is 3. The number of likely N-dealkylation sites (tertiary alicyclic amines) is 2. The Bertz CT molecular complexity index is 779. The maximum Gasteiger partial charge on any atom is 0.417 e. The maximum atomic E-state index is 12.9. The lowest BCUT2D eigenvalue weighted by Crippen LogP contribution is -2.65. The van der Waals surface area contributed by atoms with Gasteiger partial charge in [0.15, 0.2) is 0 Å². The van der Waals surface area contributed by atoms with E-state index in [-0.39, 0.29) is 17.0 Å². The van der Waals surface area contributed by atoms with Crippen LogP contribution in [0.5, 0.6) is 0 Å². The van der Waals surface area contributed by atoms with Gasteiger partial charge in [-0.05, 0) is 55.7 Å². The first-order chi connectivity index (χ1) is 12.8. The number of nitriles is 1. The van der Waals surface area contributed by atoms with Gasteiger partial charge < -0.3 is 9.80 Å². The Labute approximate surface area is 156 Å². The van der Waals surface area contributed by atoms with Crippen LogP contribution < -0.4 is 0 Å². The predicted molar refractivity (Wildman–Crippen MR) is 92.8 cm³/mol. The number of carbonyl (C=O) groups excluding carboxylic acids is 1. The van der Waals surface area contributed by atoms with E-state index in [0.29, 0.717) is 12.3 Å². The van der Waals surface area contributed by atoms with Crippen LogP contribution in [0.2, 0.25) is 0 Å². The van der Waals surface area contributed by atoms with E-state index >= 15 is 0 Å². The molecule has 2 saturated heterocycles. The molecular formula is C20H22F3N3O. The fourth-order valence-electron chi connectivity index (χ4n) is 4.97. The zero-order chi connectivity index (χ0) is 19.2. The lowest BCUT2D eigenvalue weighted by molar-refractivity contribution is -0.137. The smallest absolute Gasteiger partial charge is 0.325 e. The van der Waals surface area contributed by atoms with Crippen molar-refractivity contribution in [3.8, 4) is 6.07 Å². The standard InChI is InChI=1S/C20H22F3N3O/c21-20(22,23)17-4-3-14(8-16(17)11-24)7-15-9-19(10-15)12-26(13-19)18(27)25-5-1-2-6-25/h3-4,8,15H,1-2,5-7,9-10,12-13H2. The van der Waals surface area contributed by atoms with Crippen LogP contribution in [0.3, 0.4) is 0 Å². The SMILES string of the molecule is N#Cc1cc(CC2CC3(C2)CN(C(=O)N2CCCC2)C3)ccc1C(F)(F)F. The van der Waals surface area contributed by atoms with Crippen LogP contribution in [0, 0.1) is 22.7 Å². The van der Waals surface area contributed by atoms with E-state index in [9.17, 15) is 18.0 Å². The third-order valence-corrected chi connectivity index (χ3v) is 6.18. The molecule has 2 heterocycles. The fourth-order valence-corrected chi connectivity index (χ4v) is 4.97. The summed E-state index contributed by atoms with van der Waals surface area (Å²) in [5.41, 5.74) is -0.179. The molecule has 1 spiro atoms. The van der Waals surface area contributed by atoms with Crippen molar-refractivity contribution in [2.75, 3.05) is 26.2 Å². The van der Waals surface area contributed by atoms with Crippen LogP contribution in [-0.2, 0) is 12.6 Å². The topological polar surface area (TPSA) is 47.3 Å². The number of hydrogen-bond acceptors (Lipinski definition) is 2. The van der Waals surface area contributed by atoms with Gasteiger partial charge in [0.1, 0.15) is 0 Å². The minimum Gasteiger partial charge on any atom is -0.325 e. The fraction of sp³-hybridized carbons (Fsp3) is 0.600. The second-order valence-electron chi connectivity index (χ2n) is 8.30. The first-order valence-corrected chi connectivity index (χ1v) is 9.44. The lowest BCUT2D eigenvalue weighted by Gasteiger charge is -2.59. The van der Waals surface area contributed by atoms with Crippen molar-refractivity contribution in [2.24, 2.45) is 11.3 Å². The number of hydrogen-bond donors (Lipinski definition) is 0. The zero-order valence-electron chi connectivity index (χ0n) is 15.1. The van der Waals surface area contributed by atoms with Gasteiger partial charge in [0.25, 0.3) is 0 Å². The molecule has 27 heavy (non-hydrogen) atoms. The van der Waals surface area contributed by atoms with E-state index in [1.54, 1.807) is 6.07 Å². The Balaban J connectivity index is 1.30. The second kappa shape index (κ2) is 6.43. The van der Waals surface area contributed by atoms with E-state index in [1.807, 2.05) is 9.80 Å². The molecule has 2 amide bonds. The largest absolute Gasteiger partial charge is 0.417 e.